The Bertz CT molecular complexity index is 406. The monoisotopic (exact) mass is 248 g/mol. The molecule has 0 unspecified atom stereocenters. The van der Waals surface area contributed by atoms with Gasteiger partial charge in [0, 0.05) is 25.2 Å². The Kier molecular flexibility index (Phi) is 4.79. The standard InChI is InChI=1S/C15H20O3/c1-3-16-15(17-4-2)11-12-9-10-18-14-8-6-5-7-13(12)14/h5-8,11,15H,3-4,9-10H2,1-2H3/b12-11+. The number of hydrogen-bond acceptors (Lipinski definition) is 3. The van der Waals surface area contributed by atoms with E-state index >= 15 is 0 Å². The first-order chi connectivity index (χ1) is 8.85. The van der Waals surface area contributed by atoms with Crippen molar-refractivity contribution in [2.75, 3.05) is 19.8 Å². The van der Waals surface area contributed by atoms with Crippen LogP contribution >= 0.6 is 0 Å². The van der Waals surface area contributed by atoms with E-state index in [2.05, 4.69) is 12.1 Å². The highest BCUT2D eigenvalue weighted by atomic mass is 16.7. The van der Waals surface area contributed by atoms with Gasteiger partial charge in [0.05, 0.1) is 6.61 Å². The summed E-state index contributed by atoms with van der Waals surface area (Å²) in [5.74, 6) is 0.946. The van der Waals surface area contributed by atoms with Crippen molar-refractivity contribution in [1.29, 1.82) is 0 Å². The molecule has 18 heavy (non-hydrogen) atoms. The van der Waals surface area contributed by atoms with Gasteiger partial charge in [-0.15, -0.1) is 0 Å². The maximum Gasteiger partial charge on any atom is 0.177 e. The van der Waals surface area contributed by atoms with E-state index in [1.54, 1.807) is 0 Å². The molecular weight excluding hydrogens is 228 g/mol. The number of fused-ring (bicyclic) bond motifs is 1. The van der Waals surface area contributed by atoms with Gasteiger partial charge in [0.25, 0.3) is 0 Å². The van der Waals surface area contributed by atoms with Crippen LogP contribution in [0, 0.1) is 0 Å². The summed E-state index contributed by atoms with van der Waals surface area (Å²) < 4.78 is 16.8. The molecule has 2 rings (SSSR count). The minimum atomic E-state index is -0.263. The molecule has 0 aliphatic carbocycles. The van der Waals surface area contributed by atoms with Crippen LogP contribution in [0.4, 0.5) is 0 Å². The second kappa shape index (κ2) is 6.57. The van der Waals surface area contributed by atoms with E-state index in [0.717, 1.165) is 17.7 Å². The van der Waals surface area contributed by atoms with Crippen LogP contribution in [-0.4, -0.2) is 26.1 Å². The molecule has 0 spiro atoms. The number of para-hydroxylation sites is 1. The van der Waals surface area contributed by atoms with Gasteiger partial charge in [-0.3, -0.25) is 0 Å². The smallest absolute Gasteiger partial charge is 0.177 e. The molecule has 1 aromatic carbocycles. The van der Waals surface area contributed by atoms with Gasteiger partial charge in [0.2, 0.25) is 0 Å². The number of benzene rings is 1. The summed E-state index contributed by atoms with van der Waals surface area (Å²) in [6, 6.07) is 8.09. The SMILES string of the molecule is CCOC(/C=C1\CCOc2ccccc21)OCC. The van der Waals surface area contributed by atoms with Gasteiger partial charge in [-0.25, -0.2) is 0 Å². The molecule has 0 fully saturated rings. The third kappa shape index (κ3) is 3.12. The van der Waals surface area contributed by atoms with Crippen molar-refractivity contribution < 1.29 is 14.2 Å². The van der Waals surface area contributed by atoms with E-state index < -0.39 is 0 Å². The Hall–Kier alpha value is -1.32. The summed E-state index contributed by atoms with van der Waals surface area (Å²) in [5, 5.41) is 0. The van der Waals surface area contributed by atoms with Crippen LogP contribution in [0.15, 0.2) is 30.3 Å². The van der Waals surface area contributed by atoms with Crippen molar-refractivity contribution in [3.63, 3.8) is 0 Å². The topological polar surface area (TPSA) is 27.7 Å². The van der Waals surface area contributed by atoms with Crippen molar-refractivity contribution in [1.82, 2.24) is 0 Å². The molecule has 0 saturated carbocycles. The Morgan fingerprint density at radius 2 is 1.94 bits per heavy atom. The van der Waals surface area contributed by atoms with Gasteiger partial charge in [0.15, 0.2) is 6.29 Å². The lowest BCUT2D eigenvalue weighted by atomic mass is 9.99. The highest BCUT2D eigenvalue weighted by Gasteiger charge is 2.16. The summed E-state index contributed by atoms with van der Waals surface area (Å²) >= 11 is 0. The zero-order valence-corrected chi connectivity index (χ0v) is 11.0. The molecular formula is C15H20O3. The quantitative estimate of drug-likeness (QED) is 0.749. The Balaban J connectivity index is 2.22. The number of ether oxygens (including phenoxy) is 3. The summed E-state index contributed by atoms with van der Waals surface area (Å²) in [7, 11) is 0. The molecule has 0 radical (unpaired) electrons. The second-order valence-electron chi connectivity index (χ2n) is 4.07. The Labute approximate surface area is 108 Å². The highest BCUT2D eigenvalue weighted by Crippen LogP contribution is 2.32. The zero-order chi connectivity index (χ0) is 12.8. The van der Waals surface area contributed by atoms with E-state index in [1.807, 2.05) is 32.0 Å². The second-order valence-corrected chi connectivity index (χ2v) is 4.07. The third-order valence-electron chi connectivity index (χ3n) is 2.86. The fourth-order valence-electron chi connectivity index (χ4n) is 2.07. The van der Waals surface area contributed by atoms with E-state index in [9.17, 15) is 0 Å². The van der Waals surface area contributed by atoms with E-state index in [1.165, 1.54) is 5.57 Å². The summed E-state index contributed by atoms with van der Waals surface area (Å²) in [6.07, 6.45) is 2.70. The molecule has 0 aromatic heterocycles. The largest absolute Gasteiger partial charge is 0.493 e. The third-order valence-corrected chi connectivity index (χ3v) is 2.86. The lowest BCUT2D eigenvalue weighted by Gasteiger charge is -2.22. The van der Waals surface area contributed by atoms with Crippen LogP contribution in [0.5, 0.6) is 5.75 Å². The van der Waals surface area contributed by atoms with Crippen molar-refractivity contribution in [2.24, 2.45) is 0 Å². The van der Waals surface area contributed by atoms with Crippen LogP contribution in [0.25, 0.3) is 5.57 Å². The molecule has 1 aromatic rings. The molecule has 0 bridgehead atoms. The van der Waals surface area contributed by atoms with Crippen molar-refractivity contribution >= 4 is 5.57 Å². The van der Waals surface area contributed by atoms with Crippen molar-refractivity contribution in [3.05, 3.63) is 35.9 Å². The van der Waals surface area contributed by atoms with Crippen molar-refractivity contribution in [3.8, 4) is 5.75 Å². The summed E-state index contributed by atoms with van der Waals surface area (Å²) in [4.78, 5) is 0. The van der Waals surface area contributed by atoms with Gasteiger partial charge >= 0.3 is 0 Å². The van der Waals surface area contributed by atoms with Crippen LogP contribution in [-0.2, 0) is 9.47 Å². The zero-order valence-electron chi connectivity index (χ0n) is 11.0. The average molecular weight is 248 g/mol. The van der Waals surface area contributed by atoms with Gasteiger partial charge < -0.3 is 14.2 Å². The summed E-state index contributed by atoms with van der Waals surface area (Å²) in [6.45, 7) is 5.96. The molecule has 0 N–H and O–H groups in total. The lowest BCUT2D eigenvalue weighted by Crippen LogP contribution is -2.16. The minimum Gasteiger partial charge on any atom is -0.493 e. The Morgan fingerprint density at radius 1 is 1.22 bits per heavy atom. The maximum atomic E-state index is 5.63. The number of rotatable bonds is 5. The predicted molar refractivity (Wildman–Crippen MR) is 71.6 cm³/mol. The van der Waals surface area contributed by atoms with Gasteiger partial charge in [-0.1, -0.05) is 18.2 Å². The maximum absolute atomic E-state index is 5.63. The van der Waals surface area contributed by atoms with E-state index in [4.69, 9.17) is 14.2 Å². The normalized spacial score (nSPS) is 16.7. The molecule has 3 nitrogen and oxygen atoms in total. The van der Waals surface area contributed by atoms with Gasteiger partial charge in [-0.05, 0) is 31.6 Å². The van der Waals surface area contributed by atoms with Gasteiger partial charge in [0.1, 0.15) is 5.75 Å². The molecule has 0 amide bonds. The van der Waals surface area contributed by atoms with E-state index in [0.29, 0.717) is 19.8 Å². The van der Waals surface area contributed by atoms with E-state index in [-0.39, 0.29) is 6.29 Å². The summed E-state index contributed by atoms with van der Waals surface area (Å²) in [5.41, 5.74) is 2.39. The molecule has 0 saturated heterocycles. The predicted octanol–water partition coefficient (Wildman–Crippen LogP) is 3.25. The van der Waals surface area contributed by atoms with Crippen LogP contribution in [0.3, 0.4) is 0 Å². The fourth-order valence-corrected chi connectivity index (χ4v) is 2.07. The molecule has 98 valence electrons. The Morgan fingerprint density at radius 3 is 2.67 bits per heavy atom. The first kappa shape index (κ1) is 13.1. The average Bonchev–Trinajstić information content (AvgIpc) is 2.40. The van der Waals surface area contributed by atoms with Crippen LogP contribution in [0.2, 0.25) is 0 Å². The van der Waals surface area contributed by atoms with Crippen LogP contribution < -0.4 is 4.74 Å². The molecule has 3 heteroatoms. The molecule has 1 heterocycles. The first-order valence-corrected chi connectivity index (χ1v) is 6.51. The molecule has 1 aliphatic rings. The van der Waals surface area contributed by atoms with Crippen molar-refractivity contribution in [2.45, 2.75) is 26.6 Å². The fraction of sp³-hybridized carbons (Fsp3) is 0.467. The molecule has 0 atom stereocenters. The first-order valence-electron chi connectivity index (χ1n) is 6.51. The van der Waals surface area contributed by atoms with Crippen LogP contribution in [0.1, 0.15) is 25.8 Å². The molecule has 1 aliphatic heterocycles. The minimum absolute atomic E-state index is 0.263. The lowest BCUT2D eigenvalue weighted by molar-refractivity contribution is -0.103. The number of hydrogen-bond donors (Lipinski definition) is 0. The van der Waals surface area contributed by atoms with Gasteiger partial charge in [-0.2, -0.15) is 0 Å². The highest BCUT2D eigenvalue weighted by molar-refractivity contribution is 5.72.